The molecule has 0 saturated heterocycles. The van der Waals surface area contributed by atoms with E-state index in [1.54, 1.807) is 21.3 Å². The van der Waals surface area contributed by atoms with Crippen molar-refractivity contribution in [2.24, 2.45) is 0 Å². The highest BCUT2D eigenvalue weighted by molar-refractivity contribution is 5.53. The van der Waals surface area contributed by atoms with Gasteiger partial charge in [-0.3, -0.25) is 0 Å². The van der Waals surface area contributed by atoms with Gasteiger partial charge in [0, 0.05) is 6.61 Å². The third-order valence-corrected chi connectivity index (χ3v) is 3.14. The highest BCUT2D eigenvalue weighted by Gasteiger charge is 2.12. The Balaban J connectivity index is 2.57. The second-order valence-corrected chi connectivity index (χ2v) is 4.65. The molecule has 0 bridgehead atoms. The lowest BCUT2D eigenvalue weighted by molar-refractivity contribution is 0.116. The van der Waals surface area contributed by atoms with Crippen LogP contribution in [-0.2, 0) is 11.3 Å². The van der Waals surface area contributed by atoms with Gasteiger partial charge in [-0.15, -0.1) is 0 Å². The summed E-state index contributed by atoms with van der Waals surface area (Å²) in [6.07, 6.45) is 4.85. The van der Waals surface area contributed by atoms with Crippen molar-refractivity contribution >= 4 is 0 Å². The Morgan fingerprint density at radius 2 is 1.50 bits per heavy atom. The number of ether oxygens (including phenoxy) is 4. The van der Waals surface area contributed by atoms with Crippen LogP contribution in [0.2, 0.25) is 0 Å². The van der Waals surface area contributed by atoms with Crippen molar-refractivity contribution in [3.8, 4) is 17.2 Å². The fourth-order valence-corrected chi connectivity index (χ4v) is 2.04. The van der Waals surface area contributed by atoms with E-state index in [1.165, 1.54) is 19.3 Å². The molecule has 0 aromatic heterocycles. The van der Waals surface area contributed by atoms with Crippen molar-refractivity contribution in [1.29, 1.82) is 0 Å². The van der Waals surface area contributed by atoms with E-state index in [0.29, 0.717) is 23.9 Å². The molecule has 1 aromatic carbocycles. The van der Waals surface area contributed by atoms with E-state index in [0.717, 1.165) is 18.6 Å². The van der Waals surface area contributed by atoms with E-state index in [9.17, 15) is 0 Å². The van der Waals surface area contributed by atoms with Gasteiger partial charge in [0.25, 0.3) is 0 Å². The first-order valence-corrected chi connectivity index (χ1v) is 7.13. The largest absolute Gasteiger partial charge is 0.493 e. The molecule has 0 aliphatic carbocycles. The third kappa shape index (κ3) is 4.93. The van der Waals surface area contributed by atoms with Crippen molar-refractivity contribution in [2.45, 2.75) is 39.2 Å². The molecule has 1 aromatic rings. The minimum atomic E-state index is 0.558. The van der Waals surface area contributed by atoms with Crippen LogP contribution in [0.3, 0.4) is 0 Å². The van der Waals surface area contributed by atoms with Crippen molar-refractivity contribution in [2.75, 3.05) is 27.9 Å². The molecule has 114 valence electrons. The van der Waals surface area contributed by atoms with Gasteiger partial charge in [0.2, 0.25) is 5.75 Å². The molecule has 1 rings (SSSR count). The normalized spacial score (nSPS) is 10.4. The average Bonchev–Trinajstić information content (AvgIpc) is 2.49. The minimum Gasteiger partial charge on any atom is -0.493 e. The summed E-state index contributed by atoms with van der Waals surface area (Å²) >= 11 is 0. The predicted octanol–water partition coefficient (Wildman–Crippen LogP) is 3.81. The molecule has 0 unspecified atom stereocenters. The van der Waals surface area contributed by atoms with Gasteiger partial charge in [-0.25, -0.2) is 0 Å². The molecular weight excluding hydrogens is 256 g/mol. The number of hydrogen-bond acceptors (Lipinski definition) is 4. The van der Waals surface area contributed by atoms with Crippen LogP contribution < -0.4 is 14.2 Å². The van der Waals surface area contributed by atoms with E-state index in [-0.39, 0.29) is 0 Å². The van der Waals surface area contributed by atoms with Gasteiger partial charge >= 0.3 is 0 Å². The first-order chi connectivity index (χ1) is 9.76. The van der Waals surface area contributed by atoms with Crippen molar-refractivity contribution in [3.63, 3.8) is 0 Å². The van der Waals surface area contributed by atoms with E-state index in [4.69, 9.17) is 18.9 Å². The first-order valence-electron chi connectivity index (χ1n) is 7.13. The van der Waals surface area contributed by atoms with Crippen LogP contribution in [-0.4, -0.2) is 27.9 Å². The number of rotatable bonds is 10. The molecule has 0 aliphatic rings. The molecule has 0 radical (unpaired) electrons. The number of benzene rings is 1. The fraction of sp³-hybridized carbons (Fsp3) is 0.625. The van der Waals surface area contributed by atoms with Crippen LogP contribution in [0.5, 0.6) is 17.2 Å². The molecule has 0 atom stereocenters. The molecule has 20 heavy (non-hydrogen) atoms. The summed E-state index contributed by atoms with van der Waals surface area (Å²) in [4.78, 5) is 0. The SMILES string of the molecule is CCCCCCOCc1cc(OC)c(OC)c(OC)c1. The Kier molecular flexibility index (Phi) is 7.88. The molecule has 4 heteroatoms. The highest BCUT2D eigenvalue weighted by Crippen LogP contribution is 2.38. The zero-order chi connectivity index (χ0) is 14.8. The first kappa shape index (κ1) is 16.6. The quantitative estimate of drug-likeness (QED) is 0.611. The lowest BCUT2D eigenvalue weighted by Gasteiger charge is -2.14. The molecule has 0 spiro atoms. The summed E-state index contributed by atoms with van der Waals surface area (Å²) in [5, 5.41) is 0. The molecule has 0 heterocycles. The molecule has 0 N–H and O–H groups in total. The Labute approximate surface area is 122 Å². The van der Waals surface area contributed by atoms with Gasteiger partial charge in [-0.1, -0.05) is 26.2 Å². The summed E-state index contributed by atoms with van der Waals surface area (Å²) < 4.78 is 21.6. The number of methoxy groups -OCH3 is 3. The predicted molar refractivity (Wildman–Crippen MR) is 79.9 cm³/mol. The minimum absolute atomic E-state index is 0.558. The highest BCUT2D eigenvalue weighted by atomic mass is 16.5. The molecule has 0 aliphatic heterocycles. The maximum atomic E-state index is 5.69. The summed E-state index contributed by atoms with van der Waals surface area (Å²) in [5.41, 5.74) is 1.02. The summed E-state index contributed by atoms with van der Waals surface area (Å²) in [6.45, 7) is 3.55. The zero-order valence-electron chi connectivity index (χ0n) is 13.0. The van der Waals surface area contributed by atoms with Crippen LogP contribution >= 0.6 is 0 Å². The van der Waals surface area contributed by atoms with E-state index in [2.05, 4.69) is 6.92 Å². The lowest BCUT2D eigenvalue weighted by Crippen LogP contribution is -2.00. The monoisotopic (exact) mass is 282 g/mol. The van der Waals surface area contributed by atoms with Gasteiger partial charge < -0.3 is 18.9 Å². The molecule has 0 saturated carbocycles. The van der Waals surface area contributed by atoms with Gasteiger partial charge in [0.15, 0.2) is 11.5 Å². The van der Waals surface area contributed by atoms with Crippen LogP contribution in [0.4, 0.5) is 0 Å². The second kappa shape index (κ2) is 9.48. The van der Waals surface area contributed by atoms with Crippen LogP contribution in [0.15, 0.2) is 12.1 Å². The van der Waals surface area contributed by atoms with Crippen LogP contribution in [0, 0.1) is 0 Å². The molecule has 4 nitrogen and oxygen atoms in total. The second-order valence-electron chi connectivity index (χ2n) is 4.65. The van der Waals surface area contributed by atoms with Gasteiger partial charge in [-0.2, -0.15) is 0 Å². The van der Waals surface area contributed by atoms with Crippen LogP contribution in [0.25, 0.3) is 0 Å². The zero-order valence-corrected chi connectivity index (χ0v) is 13.0. The fourth-order valence-electron chi connectivity index (χ4n) is 2.04. The smallest absolute Gasteiger partial charge is 0.203 e. The summed E-state index contributed by atoms with van der Waals surface area (Å²) in [6, 6.07) is 3.85. The Morgan fingerprint density at radius 3 is 2.00 bits per heavy atom. The molecular formula is C16H26O4. The number of hydrogen-bond donors (Lipinski definition) is 0. The maximum absolute atomic E-state index is 5.69. The van der Waals surface area contributed by atoms with Crippen molar-refractivity contribution < 1.29 is 18.9 Å². The summed E-state index contributed by atoms with van der Waals surface area (Å²) in [5.74, 6) is 1.94. The molecule has 0 fully saturated rings. The maximum Gasteiger partial charge on any atom is 0.203 e. The third-order valence-electron chi connectivity index (χ3n) is 3.14. The summed E-state index contributed by atoms with van der Waals surface area (Å²) in [7, 11) is 4.84. The van der Waals surface area contributed by atoms with Crippen molar-refractivity contribution in [3.05, 3.63) is 17.7 Å². The van der Waals surface area contributed by atoms with E-state index < -0.39 is 0 Å². The Hall–Kier alpha value is -1.42. The van der Waals surface area contributed by atoms with Gasteiger partial charge in [0.1, 0.15) is 0 Å². The lowest BCUT2D eigenvalue weighted by atomic mass is 10.2. The van der Waals surface area contributed by atoms with E-state index >= 15 is 0 Å². The average molecular weight is 282 g/mol. The topological polar surface area (TPSA) is 36.9 Å². The van der Waals surface area contributed by atoms with Gasteiger partial charge in [-0.05, 0) is 24.1 Å². The number of unbranched alkanes of at least 4 members (excludes halogenated alkanes) is 3. The van der Waals surface area contributed by atoms with E-state index in [1.807, 2.05) is 12.1 Å². The van der Waals surface area contributed by atoms with Crippen LogP contribution in [0.1, 0.15) is 38.2 Å². The standard InChI is InChI=1S/C16H26O4/c1-5-6-7-8-9-20-12-13-10-14(17-2)16(19-4)15(11-13)18-3/h10-11H,5-9,12H2,1-4H3. The molecule has 0 amide bonds. The van der Waals surface area contributed by atoms with Crippen molar-refractivity contribution in [1.82, 2.24) is 0 Å². The van der Waals surface area contributed by atoms with Gasteiger partial charge in [0.05, 0.1) is 27.9 Å². The Morgan fingerprint density at radius 1 is 0.850 bits per heavy atom. The Bertz CT molecular complexity index is 365.